The first kappa shape index (κ1) is 12.0. The van der Waals surface area contributed by atoms with Crippen LogP contribution in [0.25, 0.3) is 0 Å². The van der Waals surface area contributed by atoms with Crippen LogP contribution in [0.2, 0.25) is 0 Å². The van der Waals surface area contributed by atoms with Crippen LogP contribution in [0.3, 0.4) is 0 Å². The molecule has 0 spiro atoms. The molecular weight excluding hydrogens is 166 g/mol. The lowest BCUT2D eigenvalue weighted by Crippen LogP contribution is -2.25. The lowest BCUT2D eigenvalue weighted by atomic mass is 10.3. The van der Waals surface area contributed by atoms with E-state index in [1.165, 1.54) is 17.7 Å². The molecule has 0 rings (SSSR count). The second-order valence-corrected chi connectivity index (χ2v) is 4.44. The van der Waals surface area contributed by atoms with Gasteiger partial charge in [-0.2, -0.15) is 11.8 Å². The van der Waals surface area contributed by atoms with Crippen LogP contribution in [-0.2, 0) is 0 Å². The maximum atomic E-state index is 4.02. The van der Waals surface area contributed by atoms with Crippen molar-refractivity contribution in [3.8, 4) is 0 Å². The highest BCUT2D eigenvalue weighted by Gasteiger charge is 1.96. The van der Waals surface area contributed by atoms with Crippen molar-refractivity contribution in [2.24, 2.45) is 0 Å². The van der Waals surface area contributed by atoms with Crippen LogP contribution < -0.4 is 5.32 Å². The van der Waals surface area contributed by atoms with E-state index in [1.54, 1.807) is 0 Å². The molecule has 72 valence electrons. The molecule has 2 heteroatoms. The normalized spacial score (nSPS) is 10.7. The average Bonchev–Trinajstić information content (AvgIpc) is 2.01. The van der Waals surface area contributed by atoms with Crippen LogP contribution >= 0.6 is 11.8 Å². The van der Waals surface area contributed by atoms with Crippen molar-refractivity contribution in [2.45, 2.75) is 33.2 Å². The van der Waals surface area contributed by atoms with Gasteiger partial charge >= 0.3 is 0 Å². The molecular formula is C10H21NS. The molecule has 0 aliphatic heterocycles. The van der Waals surface area contributed by atoms with E-state index in [2.05, 4.69) is 32.7 Å². The number of thioether (sulfide) groups is 1. The maximum Gasteiger partial charge on any atom is 0.0172 e. The molecule has 0 aliphatic carbocycles. The van der Waals surface area contributed by atoms with Gasteiger partial charge in [0, 0.05) is 18.3 Å². The van der Waals surface area contributed by atoms with Gasteiger partial charge in [-0.3, -0.25) is 0 Å². The molecule has 0 unspecified atom stereocenters. The van der Waals surface area contributed by atoms with Crippen LogP contribution in [0.4, 0.5) is 0 Å². The first-order chi connectivity index (χ1) is 5.66. The van der Waals surface area contributed by atoms with Crippen molar-refractivity contribution in [1.82, 2.24) is 5.32 Å². The van der Waals surface area contributed by atoms with Gasteiger partial charge in [0.25, 0.3) is 0 Å². The largest absolute Gasteiger partial charge is 0.311 e. The summed E-state index contributed by atoms with van der Waals surface area (Å²) in [6.07, 6.45) is 1.26. The van der Waals surface area contributed by atoms with E-state index in [0.29, 0.717) is 6.04 Å². The third-order valence-corrected chi connectivity index (χ3v) is 2.72. The van der Waals surface area contributed by atoms with Gasteiger partial charge in [-0.05, 0) is 12.2 Å². The van der Waals surface area contributed by atoms with E-state index in [0.717, 1.165) is 12.3 Å². The fourth-order valence-electron chi connectivity index (χ4n) is 0.760. The Balaban J connectivity index is 3.22. The van der Waals surface area contributed by atoms with Crippen LogP contribution in [0, 0.1) is 0 Å². The zero-order valence-electron chi connectivity index (χ0n) is 8.52. The van der Waals surface area contributed by atoms with E-state index >= 15 is 0 Å². The number of nitrogens with one attached hydrogen (secondary N) is 1. The van der Waals surface area contributed by atoms with Gasteiger partial charge in [0.2, 0.25) is 0 Å². The Morgan fingerprint density at radius 1 is 1.50 bits per heavy atom. The lowest BCUT2D eigenvalue weighted by molar-refractivity contribution is 0.623. The fourth-order valence-corrected chi connectivity index (χ4v) is 1.58. The summed E-state index contributed by atoms with van der Waals surface area (Å²) in [6, 6.07) is 0.568. The molecule has 0 radical (unpaired) electrons. The molecule has 0 fully saturated rings. The SMILES string of the molecule is C=C(CNC(C)C)CSCCC. The van der Waals surface area contributed by atoms with Gasteiger partial charge in [-0.1, -0.05) is 32.9 Å². The second-order valence-electron chi connectivity index (χ2n) is 3.34. The van der Waals surface area contributed by atoms with E-state index in [4.69, 9.17) is 0 Å². The van der Waals surface area contributed by atoms with Crippen LogP contribution in [0.15, 0.2) is 12.2 Å². The summed E-state index contributed by atoms with van der Waals surface area (Å²) in [5, 5.41) is 3.36. The zero-order chi connectivity index (χ0) is 9.40. The Hall–Kier alpha value is 0.0500. The highest BCUT2D eigenvalue weighted by Crippen LogP contribution is 2.06. The minimum absolute atomic E-state index is 0.568. The minimum atomic E-state index is 0.568. The van der Waals surface area contributed by atoms with E-state index in [1.807, 2.05) is 11.8 Å². The summed E-state index contributed by atoms with van der Waals surface area (Å²) in [5.41, 5.74) is 1.31. The van der Waals surface area contributed by atoms with Crippen molar-refractivity contribution in [1.29, 1.82) is 0 Å². The Labute approximate surface area is 81.0 Å². The Kier molecular flexibility index (Phi) is 7.72. The van der Waals surface area contributed by atoms with Crippen molar-refractivity contribution in [2.75, 3.05) is 18.1 Å². The molecule has 0 aliphatic rings. The summed E-state index contributed by atoms with van der Waals surface area (Å²) in [5.74, 6) is 2.36. The maximum absolute atomic E-state index is 4.02. The summed E-state index contributed by atoms with van der Waals surface area (Å²) in [6.45, 7) is 11.5. The van der Waals surface area contributed by atoms with Crippen molar-refractivity contribution in [3.63, 3.8) is 0 Å². The first-order valence-electron chi connectivity index (χ1n) is 4.64. The summed E-state index contributed by atoms with van der Waals surface area (Å²) < 4.78 is 0. The molecule has 0 saturated carbocycles. The third-order valence-electron chi connectivity index (χ3n) is 1.41. The summed E-state index contributed by atoms with van der Waals surface area (Å²) >= 11 is 1.97. The Morgan fingerprint density at radius 2 is 2.17 bits per heavy atom. The highest BCUT2D eigenvalue weighted by atomic mass is 32.2. The smallest absolute Gasteiger partial charge is 0.0172 e. The molecule has 0 heterocycles. The molecule has 0 saturated heterocycles. The number of rotatable bonds is 7. The molecule has 1 N–H and O–H groups in total. The van der Waals surface area contributed by atoms with E-state index in [-0.39, 0.29) is 0 Å². The summed E-state index contributed by atoms with van der Waals surface area (Å²) in [4.78, 5) is 0. The van der Waals surface area contributed by atoms with E-state index < -0.39 is 0 Å². The molecule has 0 aromatic carbocycles. The van der Waals surface area contributed by atoms with Gasteiger partial charge in [0.1, 0.15) is 0 Å². The van der Waals surface area contributed by atoms with Gasteiger partial charge in [0.05, 0.1) is 0 Å². The van der Waals surface area contributed by atoms with Crippen LogP contribution in [-0.4, -0.2) is 24.1 Å². The minimum Gasteiger partial charge on any atom is -0.311 e. The number of hydrogen-bond donors (Lipinski definition) is 1. The van der Waals surface area contributed by atoms with Crippen molar-refractivity contribution in [3.05, 3.63) is 12.2 Å². The highest BCUT2D eigenvalue weighted by molar-refractivity contribution is 7.99. The average molecular weight is 187 g/mol. The first-order valence-corrected chi connectivity index (χ1v) is 5.80. The Morgan fingerprint density at radius 3 is 2.67 bits per heavy atom. The van der Waals surface area contributed by atoms with E-state index in [9.17, 15) is 0 Å². The quantitative estimate of drug-likeness (QED) is 0.486. The number of hydrogen-bond acceptors (Lipinski definition) is 2. The molecule has 0 aromatic heterocycles. The van der Waals surface area contributed by atoms with Crippen LogP contribution in [0.5, 0.6) is 0 Å². The molecule has 0 atom stereocenters. The van der Waals surface area contributed by atoms with Gasteiger partial charge in [-0.25, -0.2) is 0 Å². The van der Waals surface area contributed by atoms with Crippen molar-refractivity contribution < 1.29 is 0 Å². The molecule has 0 bridgehead atoms. The molecule has 0 amide bonds. The third kappa shape index (κ3) is 8.15. The van der Waals surface area contributed by atoms with Gasteiger partial charge < -0.3 is 5.32 Å². The lowest BCUT2D eigenvalue weighted by Gasteiger charge is -2.09. The molecule has 0 aromatic rings. The predicted octanol–water partition coefficient (Wildman–Crippen LogP) is 2.68. The van der Waals surface area contributed by atoms with Gasteiger partial charge in [-0.15, -0.1) is 0 Å². The molecule has 1 nitrogen and oxygen atoms in total. The predicted molar refractivity (Wildman–Crippen MR) is 59.9 cm³/mol. The molecule has 12 heavy (non-hydrogen) atoms. The zero-order valence-corrected chi connectivity index (χ0v) is 9.34. The topological polar surface area (TPSA) is 12.0 Å². The standard InChI is InChI=1S/C10H21NS/c1-5-6-12-8-10(4)7-11-9(2)3/h9,11H,4-8H2,1-3H3. The summed E-state index contributed by atoms with van der Waals surface area (Å²) in [7, 11) is 0. The van der Waals surface area contributed by atoms with Gasteiger partial charge in [0.15, 0.2) is 0 Å². The Bertz CT molecular complexity index is 121. The monoisotopic (exact) mass is 187 g/mol. The van der Waals surface area contributed by atoms with Crippen LogP contribution in [0.1, 0.15) is 27.2 Å². The second kappa shape index (κ2) is 7.69. The van der Waals surface area contributed by atoms with Crippen molar-refractivity contribution >= 4 is 11.8 Å². The fraction of sp³-hybridized carbons (Fsp3) is 0.800.